The van der Waals surface area contributed by atoms with Crippen LogP contribution in [-0.2, 0) is 4.79 Å². The van der Waals surface area contributed by atoms with E-state index in [0.717, 1.165) is 17.9 Å². The van der Waals surface area contributed by atoms with Crippen molar-refractivity contribution in [3.8, 4) is 0 Å². The minimum atomic E-state index is -0.528. The smallest absolute Gasteiger partial charge is 0.251 e. The Morgan fingerprint density at radius 2 is 1.50 bits per heavy atom. The van der Waals surface area contributed by atoms with Gasteiger partial charge in [-0.3, -0.25) is 9.59 Å². The Bertz CT molecular complexity index is 858. The number of nitrogens with zero attached hydrogens (tertiary/aromatic N) is 1. The summed E-state index contributed by atoms with van der Waals surface area (Å²) in [6.45, 7) is 5.50. The molecule has 2 aromatic rings. The molecule has 1 N–H and O–H groups in total. The third-order valence-electron chi connectivity index (χ3n) is 5.56. The standard InChI is InChI=1S/C24H28Cl2N2O2/c1-16(2)15-22(27-23(29)19-5-9-21(26)10-6-19)24(30)28-13-11-18(12-14-28)17-3-7-20(25)8-4-17/h3-10,16,18,22H,11-15H2,1-2H3,(H,27,29). The van der Waals surface area contributed by atoms with Crippen molar-refractivity contribution in [1.29, 1.82) is 0 Å². The highest BCUT2D eigenvalue weighted by Gasteiger charge is 2.30. The van der Waals surface area contributed by atoms with E-state index in [9.17, 15) is 9.59 Å². The first-order chi connectivity index (χ1) is 14.3. The van der Waals surface area contributed by atoms with Crippen LogP contribution in [0.4, 0.5) is 0 Å². The minimum absolute atomic E-state index is 0.000527. The SMILES string of the molecule is CC(C)CC(NC(=O)c1ccc(Cl)cc1)C(=O)N1CCC(c2ccc(Cl)cc2)CC1. The van der Waals surface area contributed by atoms with Gasteiger partial charge in [-0.05, 0) is 73.1 Å². The molecule has 4 nitrogen and oxygen atoms in total. The lowest BCUT2D eigenvalue weighted by atomic mass is 9.89. The van der Waals surface area contributed by atoms with E-state index in [4.69, 9.17) is 23.2 Å². The second-order valence-electron chi connectivity index (χ2n) is 8.31. The van der Waals surface area contributed by atoms with Crippen LogP contribution >= 0.6 is 23.2 Å². The molecule has 1 atom stereocenters. The van der Waals surface area contributed by atoms with Crippen molar-refractivity contribution in [2.45, 2.75) is 45.1 Å². The molecule has 0 spiro atoms. The Morgan fingerprint density at radius 3 is 2.03 bits per heavy atom. The van der Waals surface area contributed by atoms with E-state index in [0.29, 0.717) is 36.0 Å². The van der Waals surface area contributed by atoms with Crippen LogP contribution in [0.15, 0.2) is 48.5 Å². The lowest BCUT2D eigenvalue weighted by molar-refractivity contribution is -0.134. The van der Waals surface area contributed by atoms with Crippen LogP contribution in [0.1, 0.15) is 54.9 Å². The molecule has 1 aliphatic heterocycles. The number of amides is 2. The zero-order valence-electron chi connectivity index (χ0n) is 17.4. The van der Waals surface area contributed by atoms with Crippen molar-refractivity contribution in [2.24, 2.45) is 5.92 Å². The van der Waals surface area contributed by atoms with Crippen LogP contribution in [0, 0.1) is 5.92 Å². The maximum atomic E-state index is 13.2. The molecule has 30 heavy (non-hydrogen) atoms. The fourth-order valence-electron chi connectivity index (χ4n) is 3.92. The second-order valence-corrected chi connectivity index (χ2v) is 9.19. The predicted octanol–water partition coefficient (Wildman–Crippen LogP) is 5.54. The van der Waals surface area contributed by atoms with Gasteiger partial charge in [-0.15, -0.1) is 0 Å². The van der Waals surface area contributed by atoms with Crippen LogP contribution in [-0.4, -0.2) is 35.8 Å². The van der Waals surface area contributed by atoms with Gasteiger partial charge >= 0.3 is 0 Å². The van der Waals surface area contributed by atoms with Crippen molar-refractivity contribution >= 4 is 35.0 Å². The van der Waals surface area contributed by atoms with Gasteiger partial charge in [-0.2, -0.15) is 0 Å². The van der Waals surface area contributed by atoms with Gasteiger partial charge in [0.15, 0.2) is 0 Å². The van der Waals surface area contributed by atoms with E-state index in [1.54, 1.807) is 24.3 Å². The summed E-state index contributed by atoms with van der Waals surface area (Å²) in [4.78, 5) is 27.8. The summed E-state index contributed by atoms with van der Waals surface area (Å²) in [5.74, 6) is 0.469. The zero-order chi connectivity index (χ0) is 21.7. The van der Waals surface area contributed by atoms with Crippen LogP contribution in [0.5, 0.6) is 0 Å². The van der Waals surface area contributed by atoms with Gasteiger partial charge in [0, 0.05) is 28.7 Å². The molecule has 0 aliphatic carbocycles. The van der Waals surface area contributed by atoms with Crippen LogP contribution in [0.25, 0.3) is 0 Å². The lowest BCUT2D eigenvalue weighted by Gasteiger charge is -2.35. The van der Waals surface area contributed by atoms with E-state index in [1.807, 2.05) is 17.0 Å². The van der Waals surface area contributed by atoms with E-state index in [1.165, 1.54) is 5.56 Å². The molecule has 1 unspecified atom stereocenters. The van der Waals surface area contributed by atoms with E-state index in [2.05, 4.69) is 31.3 Å². The fourth-order valence-corrected chi connectivity index (χ4v) is 4.18. The molecule has 0 saturated carbocycles. The highest BCUT2D eigenvalue weighted by atomic mass is 35.5. The normalized spacial score (nSPS) is 15.8. The number of piperidine rings is 1. The largest absolute Gasteiger partial charge is 0.341 e. The predicted molar refractivity (Wildman–Crippen MR) is 122 cm³/mol. The van der Waals surface area contributed by atoms with E-state index >= 15 is 0 Å². The average molecular weight is 447 g/mol. The summed E-state index contributed by atoms with van der Waals surface area (Å²) in [6.07, 6.45) is 2.43. The first-order valence-corrected chi connectivity index (χ1v) is 11.2. The highest BCUT2D eigenvalue weighted by Crippen LogP contribution is 2.29. The summed E-state index contributed by atoms with van der Waals surface area (Å²) in [5, 5.41) is 4.25. The van der Waals surface area contributed by atoms with Gasteiger partial charge in [0.25, 0.3) is 5.91 Å². The Morgan fingerprint density at radius 1 is 0.967 bits per heavy atom. The number of hydrogen-bond donors (Lipinski definition) is 1. The maximum Gasteiger partial charge on any atom is 0.251 e. The topological polar surface area (TPSA) is 49.4 Å². The number of hydrogen-bond acceptors (Lipinski definition) is 2. The Balaban J connectivity index is 1.63. The minimum Gasteiger partial charge on any atom is -0.341 e. The van der Waals surface area contributed by atoms with Gasteiger partial charge in [0.1, 0.15) is 6.04 Å². The summed E-state index contributed by atoms with van der Waals surface area (Å²) in [5.41, 5.74) is 1.77. The van der Waals surface area contributed by atoms with Crippen LogP contribution in [0.3, 0.4) is 0 Å². The molecule has 0 bridgehead atoms. The van der Waals surface area contributed by atoms with E-state index in [-0.39, 0.29) is 17.7 Å². The molecule has 3 rings (SSSR count). The first-order valence-electron chi connectivity index (χ1n) is 10.4. The first kappa shape index (κ1) is 22.6. The molecule has 2 amide bonds. The van der Waals surface area contributed by atoms with Gasteiger partial charge in [-0.1, -0.05) is 49.2 Å². The summed E-state index contributed by atoms with van der Waals surface area (Å²) < 4.78 is 0. The Hall–Kier alpha value is -2.04. The Labute approximate surface area is 188 Å². The molecule has 1 fully saturated rings. The molecular formula is C24H28Cl2N2O2. The van der Waals surface area contributed by atoms with E-state index < -0.39 is 6.04 Å². The number of nitrogens with one attached hydrogen (secondary N) is 1. The number of carbonyl (C=O) groups excluding carboxylic acids is 2. The molecule has 1 heterocycles. The molecule has 160 valence electrons. The summed E-state index contributed by atoms with van der Waals surface area (Å²) >= 11 is 11.9. The molecular weight excluding hydrogens is 419 g/mol. The number of halogens is 2. The molecule has 0 radical (unpaired) electrons. The van der Waals surface area contributed by atoms with Gasteiger partial charge in [-0.25, -0.2) is 0 Å². The molecule has 2 aromatic carbocycles. The molecule has 1 saturated heterocycles. The Kier molecular flexibility index (Phi) is 7.79. The molecule has 0 aromatic heterocycles. The quantitative estimate of drug-likeness (QED) is 0.632. The van der Waals surface area contributed by atoms with Crippen LogP contribution in [0.2, 0.25) is 10.0 Å². The molecule has 6 heteroatoms. The number of benzene rings is 2. The fraction of sp³-hybridized carbons (Fsp3) is 0.417. The average Bonchev–Trinajstić information content (AvgIpc) is 2.73. The lowest BCUT2D eigenvalue weighted by Crippen LogP contribution is -2.51. The number of likely N-dealkylation sites (tertiary alicyclic amines) is 1. The zero-order valence-corrected chi connectivity index (χ0v) is 18.9. The maximum absolute atomic E-state index is 13.2. The third kappa shape index (κ3) is 5.99. The van der Waals surface area contributed by atoms with Crippen molar-refractivity contribution in [3.05, 3.63) is 69.7 Å². The molecule has 1 aliphatic rings. The summed E-state index contributed by atoms with van der Waals surface area (Å²) in [6, 6.07) is 14.1. The van der Waals surface area contributed by atoms with Crippen molar-refractivity contribution in [1.82, 2.24) is 10.2 Å². The van der Waals surface area contributed by atoms with Gasteiger partial charge < -0.3 is 10.2 Å². The van der Waals surface area contributed by atoms with Gasteiger partial charge in [0.2, 0.25) is 5.91 Å². The van der Waals surface area contributed by atoms with Crippen molar-refractivity contribution in [2.75, 3.05) is 13.1 Å². The second kappa shape index (κ2) is 10.3. The third-order valence-corrected chi connectivity index (χ3v) is 6.07. The van der Waals surface area contributed by atoms with Crippen molar-refractivity contribution < 1.29 is 9.59 Å². The monoisotopic (exact) mass is 446 g/mol. The van der Waals surface area contributed by atoms with Crippen LogP contribution < -0.4 is 5.32 Å². The summed E-state index contributed by atoms with van der Waals surface area (Å²) in [7, 11) is 0. The number of rotatable bonds is 6. The number of carbonyl (C=O) groups is 2. The van der Waals surface area contributed by atoms with Crippen molar-refractivity contribution in [3.63, 3.8) is 0 Å². The van der Waals surface area contributed by atoms with Gasteiger partial charge in [0.05, 0.1) is 0 Å². The highest BCUT2D eigenvalue weighted by molar-refractivity contribution is 6.30.